The zero-order chi connectivity index (χ0) is 21.3. The zero-order valence-electron chi connectivity index (χ0n) is 16.2. The van der Waals surface area contributed by atoms with Crippen LogP contribution in [0, 0.1) is 0 Å². The zero-order valence-corrected chi connectivity index (χ0v) is 16.2. The second-order valence-corrected chi connectivity index (χ2v) is 6.90. The summed E-state index contributed by atoms with van der Waals surface area (Å²) in [5.74, 6) is -0.626. The number of hydrogen-bond donors (Lipinski definition) is 2. The van der Waals surface area contributed by atoms with Crippen molar-refractivity contribution < 1.29 is 13.6 Å². The first-order chi connectivity index (χ1) is 14.5. The van der Waals surface area contributed by atoms with Crippen molar-refractivity contribution in [1.82, 2.24) is 19.9 Å². The molecule has 0 saturated heterocycles. The summed E-state index contributed by atoms with van der Waals surface area (Å²) in [5.41, 5.74) is 7.33. The molecule has 0 saturated carbocycles. The first-order valence-electron chi connectivity index (χ1n) is 9.40. The topological polar surface area (TPSA) is 100 Å². The van der Waals surface area contributed by atoms with Crippen molar-refractivity contribution in [1.29, 1.82) is 0 Å². The maximum absolute atomic E-state index is 13.3. The van der Waals surface area contributed by atoms with Gasteiger partial charge in [0.2, 0.25) is 0 Å². The van der Waals surface area contributed by atoms with Crippen molar-refractivity contribution in [3.05, 3.63) is 71.1 Å². The number of hydrogen-bond acceptors (Lipinski definition) is 5. The molecule has 30 heavy (non-hydrogen) atoms. The van der Waals surface area contributed by atoms with E-state index in [9.17, 15) is 13.6 Å². The minimum Gasteiger partial charge on any atom is -0.397 e. The van der Waals surface area contributed by atoms with Crippen LogP contribution in [-0.4, -0.2) is 52.0 Å². The SMILES string of the molecule is CN=C/C(C(=O)N1CCc2nc[nH]c2[C@@H]1c1ccc2ccccc2n1)=C(\N)C(F)F. The van der Waals surface area contributed by atoms with E-state index in [2.05, 4.69) is 15.0 Å². The van der Waals surface area contributed by atoms with Crippen LogP contribution in [0.2, 0.25) is 0 Å². The average molecular weight is 410 g/mol. The van der Waals surface area contributed by atoms with Gasteiger partial charge in [-0.3, -0.25) is 14.8 Å². The summed E-state index contributed by atoms with van der Waals surface area (Å²) in [7, 11) is 1.40. The highest BCUT2D eigenvalue weighted by Crippen LogP contribution is 2.34. The number of alkyl halides is 2. The number of nitrogens with one attached hydrogen (secondary N) is 1. The van der Waals surface area contributed by atoms with Gasteiger partial charge in [0, 0.05) is 31.6 Å². The number of aromatic nitrogens is 3. The number of amides is 1. The molecule has 3 N–H and O–H groups in total. The lowest BCUT2D eigenvalue weighted by atomic mass is 9.97. The van der Waals surface area contributed by atoms with Gasteiger partial charge in [0.15, 0.2) is 0 Å². The van der Waals surface area contributed by atoms with Crippen molar-refractivity contribution in [2.75, 3.05) is 13.6 Å². The first-order valence-corrected chi connectivity index (χ1v) is 9.40. The number of H-pyrrole nitrogens is 1. The smallest absolute Gasteiger partial charge is 0.278 e. The number of pyridine rings is 1. The number of fused-ring (bicyclic) bond motifs is 2. The molecular weight excluding hydrogens is 390 g/mol. The molecule has 154 valence electrons. The number of rotatable bonds is 4. The molecule has 4 rings (SSSR count). The number of aliphatic imine (C=N–C) groups is 1. The van der Waals surface area contributed by atoms with E-state index in [0.717, 1.165) is 22.8 Å². The maximum atomic E-state index is 13.3. The van der Waals surface area contributed by atoms with E-state index < -0.39 is 24.1 Å². The van der Waals surface area contributed by atoms with Gasteiger partial charge in [0.1, 0.15) is 6.04 Å². The summed E-state index contributed by atoms with van der Waals surface area (Å²) < 4.78 is 26.5. The van der Waals surface area contributed by atoms with Crippen molar-refractivity contribution in [2.24, 2.45) is 10.7 Å². The van der Waals surface area contributed by atoms with Crippen LogP contribution in [0.3, 0.4) is 0 Å². The molecule has 0 spiro atoms. The molecule has 2 aromatic heterocycles. The van der Waals surface area contributed by atoms with Gasteiger partial charge in [-0.2, -0.15) is 0 Å². The van der Waals surface area contributed by atoms with Gasteiger partial charge in [0.05, 0.1) is 40.2 Å². The van der Waals surface area contributed by atoms with Gasteiger partial charge in [-0.1, -0.05) is 24.3 Å². The van der Waals surface area contributed by atoms with Gasteiger partial charge in [0.25, 0.3) is 12.3 Å². The second-order valence-electron chi connectivity index (χ2n) is 6.90. The number of imidazole rings is 1. The molecule has 1 aromatic carbocycles. The Morgan fingerprint density at radius 1 is 1.33 bits per heavy atom. The Morgan fingerprint density at radius 2 is 2.13 bits per heavy atom. The Labute approximate surface area is 171 Å². The molecule has 1 aliphatic rings. The first kappa shape index (κ1) is 19.7. The molecule has 0 bridgehead atoms. The molecular formula is C21H20F2N6O. The van der Waals surface area contributed by atoms with Crippen molar-refractivity contribution in [3.63, 3.8) is 0 Å². The van der Waals surface area contributed by atoms with Crippen LogP contribution in [0.4, 0.5) is 8.78 Å². The van der Waals surface area contributed by atoms with Crippen LogP contribution in [-0.2, 0) is 11.2 Å². The fraction of sp³-hybridized carbons (Fsp3) is 0.238. The Bertz CT molecular complexity index is 1150. The number of halogens is 2. The summed E-state index contributed by atoms with van der Waals surface area (Å²) in [6.45, 7) is 0.285. The number of aromatic amines is 1. The standard InChI is InChI=1S/C21H20F2N6O/c1-25-10-13(17(24)20(22)23)21(30)29-9-8-15-18(27-11-26-15)19(29)16-7-6-12-4-2-3-5-14(12)28-16/h2-7,10-11,19-20H,8-9,24H2,1H3,(H,26,27)/b17-13+,25-10?/t19-/m0/s1. The van der Waals surface area contributed by atoms with Gasteiger partial charge >= 0.3 is 0 Å². The molecule has 7 nitrogen and oxygen atoms in total. The predicted octanol–water partition coefficient (Wildman–Crippen LogP) is 2.61. The summed E-state index contributed by atoms with van der Waals surface area (Å²) in [6.07, 6.45) is 0.160. The van der Waals surface area contributed by atoms with E-state index in [1.165, 1.54) is 11.9 Å². The quantitative estimate of drug-likeness (QED) is 0.510. The number of carbonyl (C=O) groups is 1. The molecule has 3 heterocycles. The van der Waals surface area contributed by atoms with Crippen molar-refractivity contribution in [3.8, 4) is 0 Å². The normalized spacial score (nSPS) is 17.5. The third kappa shape index (κ3) is 3.42. The van der Waals surface area contributed by atoms with E-state index >= 15 is 0 Å². The number of carbonyl (C=O) groups excluding carboxylic acids is 1. The molecule has 3 aromatic rings. The largest absolute Gasteiger partial charge is 0.397 e. The van der Waals surface area contributed by atoms with Gasteiger partial charge in [-0.05, 0) is 12.1 Å². The molecule has 0 aliphatic carbocycles. The second kappa shape index (κ2) is 8.02. The monoisotopic (exact) mass is 410 g/mol. The summed E-state index contributed by atoms with van der Waals surface area (Å²) in [4.78, 5) is 30.7. The summed E-state index contributed by atoms with van der Waals surface area (Å²) in [5, 5.41) is 0.959. The summed E-state index contributed by atoms with van der Waals surface area (Å²) >= 11 is 0. The lowest BCUT2D eigenvalue weighted by Crippen LogP contribution is -2.43. The summed E-state index contributed by atoms with van der Waals surface area (Å²) in [6, 6.07) is 10.8. The van der Waals surface area contributed by atoms with Gasteiger partial charge in [-0.15, -0.1) is 0 Å². The Kier molecular flexibility index (Phi) is 5.26. The third-order valence-electron chi connectivity index (χ3n) is 5.12. The highest BCUT2D eigenvalue weighted by atomic mass is 19.3. The van der Waals surface area contributed by atoms with Crippen LogP contribution in [0.25, 0.3) is 10.9 Å². The number of nitrogens with zero attached hydrogens (tertiary/aromatic N) is 4. The fourth-order valence-electron chi connectivity index (χ4n) is 3.69. The van der Waals surface area contributed by atoms with E-state index in [4.69, 9.17) is 10.7 Å². The lowest BCUT2D eigenvalue weighted by Gasteiger charge is -2.35. The van der Waals surface area contributed by atoms with E-state index in [-0.39, 0.29) is 12.1 Å². The molecule has 9 heteroatoms. The minimum absolute atomic E-state index is 0.285. The van der Waals surface area contributed by atoms with Crippen LogP contribution < -0.4 is 5.73 Å². The Hall–Kier alpha value is -3.62. The highest BCUT2D eigenvalue weighted by molar-refractivity contribution is 6.13. The van der Waals surface area contributed by atoms with Gasteiger partial charge in [-0.25, -0.2) is 13.8 Å². The molecule has 0 unspecified atom stereocenters. The Balaban J connectivity index is 1.84. The minimum atomic E-state index is -2.97. The lowest BCUT2D eigenvalue weighted by molar-refractivity contribution is -0.128. The predicted molar refractivity (Wildman–Crippen MR) is 109 cm³/mol. The van der Waals surface area contributed by atoms with Gasteiger partial charge < -0.3 is 15.6 Å². The Morgan fingerprint density at radius 3 is 2.90 bits per heavy atom. The van der Waals surface area contributed by atoms with Crippen LogP contribution in [0.1, 0.15) is 23.1 Å². The molecule has 0 radical (unpaired) electrons. The fourth-order valence-corrected chi connectivity index (χ4v) is 3.69. The number of benzene rings is 1. The number of nitrogens with two attached hydrogens (primary N) is 1. The van der Waals surface area contributed by atoms with Crippen LogP contribution in [0.5, 0.6) is 0 Å². The molecule has 1 atom stereocenters. The number of para-hydroxylation sites is 1. The highest BCUT2D eigenvalue weighted by Gasteiger charge is 2.36. The van der Waals surface area contributed by atoms with Crippen LogP contribution in [0.15, 0.2) is 59.0 Å². The molecule has 1 aliphatic heterocycles. The maximum Gasteiger partial charge on any atom is 0.278 e. The molecule has 1 amide bonds. The van der Waals surface area contributed by atoms with E-state index in [0.29, 0.717) is 17.8 Å². The average Bonchev–Trinajstić information content (AvgIpc) is 3.24. The van der Waals surface area contributed by atoms with Crippen molar-refractivity contribution in [2.45, 2.75) is 18.9 Å². The van der Waals surface area contributed by atoms with Crippen LogP contribution >= 0.6 is 0 Å². The van der Waals surface area contributed by atoms with Crippen molar-refractivity contribution >= 4 is 23.0 Å². The molecule has 0 fully saturated rings. The van der Waals surface area contributed by atoms with E-state index in [1.54, 1.807) is 6.33 Å². The van der Waals surface area contributed by atoms with E-state index in [1.807, 2.05) is 36.4 Å². The third-order valence-corrected chi connectivity index (χ3v) is 5.12. The number of allylic oxidation sites excluding steroid dienone is 1.